The van der Waals surface area contributed by atoms with E-state index in [0.29, 0.717) is 0 Å². The molecule has 17 heavy (non-hydrogen) atoms. The van der Waals surface area contributed by atoms with Crippen molar-refractivity contribution in [1.82, 2.24) is 5.32 Å². The molecular weight excluding hydrogens is 228 g/mol. The van der Waals surface area contributed by atoms with Crippen LogP contribution in [0.25, 0.3) is 0 Å². The van der Waals surface area contributed by atoms with Crippen LogP contribution in [0.4, 0.5) is 0 Å². The van der Waals surface area contributed by atoms with Gasteiger partial charge in [0.2, 0.25) is 0 Å². The van der Waals surface area contributed by atoms with Crippen LogP contribution in [0.3, 0.4) is 0 Å². The summed E-state index contributed by atoms with van der Waals surface area (Å²) in [6.45, 7) is 3.40. The van der Waals surface area contributed by atoms with Crippen LogP contribution >= 0.6 is 11.8 Å². The van der Waals surface area contributed by atoms with Crippen molar-refractivity contribution in [3.8, 4) is 0 Å². The summed E-state index contributed by atoms with van der Waals surface area (Å²) >= 11 is 1.96. The Morgan fingerprint density at radius 1 is 1.29 bits per heavy atom. The largest absolute Gasteiger partial charge is 0.362 e. The van der Waals surface area contributed by atoms with Crippen molar-refractivity contribution in [1.29, 1.82) is 0 Å². The zero-order valence-corrected chi connectivity index (χ0v) is 11.6. The molecular formula is C14H24N2S. The molecule has 3 heteroatoms. The van der Waals surface area contributed by atoms with Gasteiger partial charge in [-0.25, -0.2) is 0 Å². The number of rotatable bonds is 3. The summed E-state index contributed by atoms with van der Waals surface area (Å²) in [5.41, 5.74) is 0. The first kappa shape index (κ1) is 11.9. The van der Waals surface area contributed by atoms with Crippen LogP contribution in [-0.2, 0) is 0 Å². The number of amidine groups is 1. The monoisotopic (exact) mass is 252 g/mol. The topological polar surface area (TPSA) is 24.4 Å². The average molecular weight is 252 g/mol. The Kier molecular flexibility index (Phi) is 3.64. The Labute approximate surface area is 109 Å². The molecule has 96 valence electrons. The minimum Gasteiger partial charge on any atom is -0.362 e. The van der Waals surface area contributed by atoms with Gasteiger partial charge in [0.25, 0.3) is 0 Å². The molecule has 1 N–H and O–H groups in total. The molecule has 0 bridgehead atoms. The second-order valence-electron chi connectivity index (χ2n) is 6.07. The summed E-state index contributed by atoms with van der Waals surface area (Å²) in [6.07, 6.45) is 8.52. The van der Waals surface area contributed by atoms with Crippen molar-refractivity contribution in [3.05, 3.63) is 0 Å². The number of aliphatic imine (C=N–C) groups is 1. The van der Waals surface area contributed by atoms with Crippen LogP contribution in [0.2, 0.25) is 0 Å². The van der Waals surface area contributed by atoms with Gasteiger partial charge in [-0.2, -0.15) is 0 Å². The van der Waals surface area contributed by atoms with Crippen molar-refractivity contribution in [2.75, 3.05) is 12.3 Å². The van der Waals surface area contributed by atoms with Gasteiger partial charge in [0.15, 0.2) is 5.17 Å². The number of nitrogens with one attached hydrogen (secondary N) is 1. The van der Waals surface area contributed by atoms with Crippen molar-refractivity contribution < 1.29 is 0 Å². The molecule has 2 nitrogen and oxygen atoms in total. The average Bonchev–Trinajstić information content (AvgIpc) is 3.20. The van der Waals surface area contributed by atoms with Crippen LogP contribution in [0, 0.1) is 17.8 Å². The number of thioether (sulfide) groups is 1. The molecule has 1 aliphatic heterocycles. The van der Waals surface area contributed by atoms with Gasteiger partial charge in [0, 0.05) is 18.3 Å². The molecule has 0 aromatic rings. The highest BCUT2D eigenvalue weighted by Gasteiger charge is 2.31. The molecule has 0 spiro atoms. The van der Waals surface area contributed by atoms with Gasteiger partial charge < -0.3 is 5.32 Å². The molecule has 1 heterocycles. The second kappa shape index (κ2) is 5.21. The summed E-state index contributed by atoms with van der Waals surface area (Å²) in [4.78, 5) is 4.80. The van der Waals surface area contributed by atoms with Gasteiger partial charge in [-0.05, 0) is 43.4 Å². The quantitative estimate of drug-likeness (QED) is 0.833. The summed E-state index contributed by atoms with van der Waals surface area (Å²) in [5, 5.41) is 4.92. The van der Waals surface area contributed by atoms with Gasteiger partial charge in [-0.1, -0.05) is 31.5 Å². The molecule has 3 fully saturated rings. The van der Waals surface area contributed by atoms with Gasteiger partial charge in [-0.15, -0.1) is 0 Å². The molecule has 0 amide bonds. The lowest BCUT2D eigenvalue weighted by Crippen LogP contribution is -2.46. The fourth-order valence-electron chi connectivity index (χ4n) is 3.12. The molecule has 2 aliphatic carbocycles. The minimum absolute atomic E-state index is 0.736. The van der Waals surface area contributed by atoms with Gasteiger partial charge in [0.05, 0.1) is 0 Å². The van der Waals surface area contributed by atoms with Gasteiger partial charge in [0.1, 0.15) is 0 Å². The first-order chi connectivity index (χ1) is 8.33. The normalized spacial score (nSPS) is 37.4. The van der Waals surface area contributed by atoms with E-state index in [1.807, 2.05) is 11.8 Å². The molecule has 2 saturated carbocycles. The summed E-state index contributed by atoms with van der Waals surface area (Å²) in [5.74, 6) is 3.99. The van der Waals surface area contributed by atoms with E-state index >= 15 is 0 Å². The predicted molar refractivity (Wildman–Crippen MR) is 75.5 cm³/mol. The maximum atomic E-state index is 4.80. The van der Waals surface area contributed by atoms with E-state index in [0.717, 1.165) is 30.3 Å². The molecule has 1 saturated heterocycles. The van der Waals surface area contributed by atoms with Crippen molar-refractivity contribution >= 4 is 16.9 Å². The van der Waals surface area contributed by atoms with Crippen molar-refractivity contribution in [3.63, 3.8) is 0 Å². The third kappa shape index (κ3) is 2.98. The van der Waals surface area contributed by atoms with Crippen LogP contribution in [0.1, 0.15) is 45.4 Å². The van der Waals surface area contributed by atoms with Gasteiger partial charge >= 0.3 is 0 Å². The molecule has 3 unspecified atom stereocenters. The summed E-state index contributed by atoms with van der Waals surface area (Å²) in [7, 11) is 0. The smallest absolute Gasteiger partial charge is 0.156 e. The summed E-state index contributed by atoms with van der Waals surface area (Å²) in [6, 6.07) is 0.736. The Morgan fingerprint density at radius 3 is 2.94 bits per heavy atom. The zero-order valence-electron chi connectivity index (χ0n) is 10.8. The molecule has 0 radical (unpaired) electrons. The number of fused-ring (bicyclic) bond motifs is 1. The SMILES string of the molecule is CC(CN=C1NC2CCCCC2CS1)C1CC1. The molecule has 3 rings (SSSR count). The van der Waals surface area contributed by atoms with E-state index in [9.17, 15) is 0 Å². The van der Waals surface area contributed by atoms with E-state index in [1.165, 1.54) is 49.4 Å². The standard InChI is InChI=1S/C14H24N2S/c1-10(11-6-7-11)8-15-14-16-13-5-3-2-4-12(13)9-17-14/h10-13H,2-9H2,1H3,(H,15,16). The molecule has 3 atom stereocenters. The van der Waals surface area contributed by atoms with E-state index in [4.69, 9.17) is 4.99 Å². The molecule has 3 aliphatic rings. The van der Waals surface area contributed by atoms with E-state index < -0.39 is 0 Å². The lowest BCUT2D eigenvalue weighted by molar-refractivity contribution is 0.311. The minimum atomic E-state index is 0.736. The van der Waals surface area contributed by atoms with Crippen LogP contribution in [0.15, 0.2) is 4.99 Å². The highest BCUT2D eigenvalue weighted by molar-refractivity contribution is 8.13. The van der Waals surface area contributed by atoms with E-state index in [-0.39, 0.29) is 0 Å². The Hall–Kier alpha value is -0.180. The van der Waals surface area contributed by atoms with Crippen molar-refractivity contribution in [2.45, 2.75) is 51.5 Å². The Morgan fingerprint density at radius 2 is 2.12 bits per heavy atom. The third-order valence-corrected chi connectivity index (χ3v) is 5.72. The first-order valence-electron chi connectivity index (χ1n) is 7.26. The highest BCUT2D eigenvalue weighted by Crippen LogP contribution is 2.37. The van der Waals surface area contributed by atoms with Gasteiger partial charge in [-0.3, -0.25) is 4.99 Å². The number of hydrogen-bond acceptors (Lipinski definition) is 2. The van der Waals surface area contributed by atoms with Crippen LogP contribution in [0.5, 0.6) is 0 Å². The Balaban J connectivity index is 1.52. The fraction of sp³-hybridized carbons (Fsp3) is 0.929. The van der Waals surface area contributed by atoms with E-state index in [1.54, 1.807) is 0 Å². The summed E-state index contributed by atoms with van der Waals surface area (Å²) < 4.78 is 0. The van der Waals surface area contributed by atoms with Crippen molar-refractivity contribution in [2.24, 2.45) is 22.7 Å². The zero-order chi connectivity index (χ0) is 11.7. The lowest BCUT2D eigenvalue weighted by Gasteiger charge is -2.37. The Bertz CT molecular complexity index is 299. The number of hydrogen-bond donors (Lipinski definition) is 1. The lowest BCUT2D eigenvalue weighted by atomic mass is 9.86. The maximum absolute atomic E-state index is 4.80. The third-order valence-electron chi connectivity index (χ3n) is 4.60. The molecule has 0 aromatic carbocycles. The second-order valence-corrected chi connectivity index (χ2v) is 7.08. The highest BCUT2D eigenvalue weighted by atomic mass is 32.2. The fourth-order valence-corrected chi connectivity index (χ4v) is 4.29. The van der Waals surface area contributed by atoms with E-state index in [2.05, 4.69) is 12.2 Å². The predicted octanol–water partition coefficient (Wildman–Crippen LogP) is 3.28. The van der Waals surface area contributed by atoms with Crippen LogP contribution in [-0.4, -0.2) is 23.5 Å². The van der Waals surface area contributed by atoms with Crippen LogP contribution < -0.4 is 5.32 Å². The first-order valence-corrected chi connectivity index (χ1v) is 8.25. The number of nitrogens with zero attached hydrogens (tertiary/aromatic N) is 1. The molecule has 0 aromatic heterocycles. The maximum Gasteiger partial charge on any atom is 0.156 e.